The van der Waals surface area contributed by atoms with Crippen molar-refractivity contribution in [1.82, 2.24) is 9.29 Å². The Labute approximate surface area is 269 Å². The van der Waals surface area contributed by atoms with Gasteiger partial charge in [0.1, 0.15) is 11.6 Å². The van der Waals surface area contributed by atoms with E-state index in [1.54, 1.807) is 19.9 Å². The van der Waals surface area contributed by atoms with Gasteiger partial charge in [0.15, 0.2) is 0 Å². The molecule has 1 aromatic heterocycles. The lowest BCUT2D eigenvalue weighted by molar-refractivity contribution is -0.143. The van der Waals surface area contributed by atoms with Crippen LogP contribution < -0.4 is 9.80 Å². The van der Waals surface area contributed by atoms with E-state index in [1.165, 1.54) is 49.6 Å². The molecule has 3 aromatic rings. The van der Waals surface area contributed by atoms with Crippen molar-refractivity contribution in [2.75, 3.05) is 36.2 Å². The number of hydrogen-bond donors (Lipinski definition) is 0. The number of halogens is 7. The fourth-order valence-corrected chi connectivity index (χ4v) is 7.06. The van der Waals surface area contributed by atoms with Gasteiger partial charge >= 0.3 is 12.4 Å². The lowest BCUT2D eigenvalue weighted by Crippen LogP contribution is -2.58. The van der Waals surface area contributed by atoms with Gasteiger partial charge in [-0.25, -0.2) is 17.8 Å². The molecular formula is C32H35F7N4O3S. The van der Waals surface area contributed by atoms with Crippen LogP contribution in [0.5, 0.6) is 0 Å². The largest absolute Gasteiger partial charge is 0.416 e. The van der Waals surface area contributed by atoms with E-state index in [4.69, 9.17) is 0 Å². The highest BCUT2D eigenvalue weighted by Gasteiger charge is 2.42. The van der Waals surface area contributed by atoms with Crippen molar-refractivity contribution in [2.24, 2.45) is 0 Å². The number of hydrogen-bond acceptors (Lipinski definition) is 5. The summed E-state index contributed by atoms with van der Waals surface area (Å²) in [6.07, 6.45) is -7.72. The zero-order chi connectivity index (χ0) is 35.4. The average Bonchev–Trinajstić information content (AvgIpc) is 2.95. The van der Waals surface area contributed by atoms with Gasteiger partial charge in [-0.2, -0.15) is 30.6 Å². The molecule has 2 unspecified atom stereocenters. The second-order valence-corrected chi connectivity index (χ2v) is 14.4. The van der Waals surface area contributed by atoms with Crippen LogP contribution in [0.25, 0.3) is 11.1 Å². The summed E-state index contributed by atoms with van der Waals surface area (Å²) in [5.74, 6) is -0.922. The molecule has 0 saturated carbocycles. The Morgan fingerprint density at radius 1 is 0.872 bits per heavy atom. The van der Waals surface area contributed by atoms with E-state index in [1.807, 2.05) is 11.8 Å². The van der Waals surface area contributed by atoms with Crippen LogP contribution >= 0.6 is 0 Å². The Morgan fingerprint density at radius 3 is 1.94 bits per heavy atom. The van der Waals surface area contributed by atoms with Crippen molar-refractivity contribution in [3.63, 3.8) is 0 Å². The highest BCUT2D eigenvalue weighted by molar-refractivity contribution is 7.88. The second kappa shape index (κ2) is 12.4. The van der Waals surface area contributed by atoms with Crippen molar-refractivity contribution in [2.45, 2.75) is 64.5 Å². The molecule has 2 aromatic carbocycles. The summed E-state index contributed by atoms with van der Waals surface area (Å²) in [7, 11) is -2.15. The van der Waals surface area contributed by atoms with Gasteiger partial charge in [0.2, 0.25) is 15.9 Å². The van der Waals surface area contributed by atoms with Crippen molar-refractivity contribution in [1.29, 1.82) is 0 Å². The Kier molecular flexibility index (Phi) is 9.52. The number of pyridine rings is 1. The minimum Gasteiger partial charge on any atom is -0.351 e. The summed E-state index contributed by atoms with van der Waals surface area (Å²) in [6, 6.07) is 5.99. The number of benzene rings is 2. The van der Waals surface area contributed by atoms with Crippen molar-refractivity contribution in [3.05, 3.63) is 76.7 Å². The van der Waals surface area contributed by atoms with Crippen LogP contribution in [0.15, 0.2) is 48.7 Å². The Balaban J connectivity index is 1.83. The maximum Gasteiger partial charge on any atom is 0.416 e. The molecule has 1 amide bonds. The van der Waals surface area contributed by atoms with E-state index >= 15 is 0 Å². The zero-order valence-corrected chi connectivity index (χ0v) is 27.6. The fourth-order valence-electron chi connectivity index (χ4n) is 5.85. The molecule has 4 rings (SSSR count). The van der Waals surface area contributed by atoms with E-state index in [9.17, 15) is 43.9 Å². The molecule has 1 fully saturated rings. The molecule has 256 valence electrons. The van der Waals surface area contributed by atoms with Crippen LogP contribution in [-0.4, -0.2) is 62.1 Å². The van der Waals surface area contributed by atoms with Crippen molar-refractivity contribution in [3.8, 4) is 11.1 Å². The second-order valence-electron chi connectivity index (χ2n) is 12.5. The molecule has 2 heterocycles. The molecule has 1 aliphatic heterocycles. The lowest BCUT2D eigenvalue weighted by Gasteiger charge is -2.43. The van der Waals surface area contributed by atoms with Gasteiger partial charge in [-0.3, -0.25) is 4.79 Å². The predicted octanol–water partition coefficient (Wildman–Crippen LogP) is 7.03. The monoisotopic (exact) mass is 688 g/mol. The van der Waals surface area contributed by atoms with Crippen LogP contribution in [0.3, 0.4) is 0 Å². The smallest absolute Gasteiger partial charge is 0.351 e. The maximum atomic E-state index is 14.1. The van der Waals surface area contributed by atoms with Gasteiger partial charge < -0.3 is 9.80 Å². The topological polar surface area (TPSA) is 73.8 Å². The first-order chi connectivity index (χ1) is 21.4. The number of alkyl halides is 6. The molecule has 47 heavy (non-hydrogen) atoms. The number of carbonyl (C=O) groups is 1. The summed E-state index contributed by atoms with van der Waals surface area (Å²) >= 11 is 0. The number of anilines is 2. The van der Waals surface area contributed by atoms with E-state index in [0.717, 1.165) is 11.2 Å². The van der Waals surface area contributed by atoms with Crippen LogP contribution in [-0.2, 0) is 32.6 Å². The number of nitrogens with zero attached hydrogens (tertiary/aromatic N) is 4. The number of carbonyl (C=O) groups excluding carboxylic acids is 1. The number of aryl methyl sites for hydroxylation is 1. The third-order valence-corrected chi connectivity index (χ3v) is 9.87. The number of piperazine rings is 1. The first-order valence-corrected chi connectivity index (χ1v) is 16.4. The Morgan fingerprint density at radius 2 is 1.43 bits per heavy atom. The van der Waals surface area contributed by atoms with E-state index < -0.39 is 62.2 Å². The van der Waals surface area contributed by atoms with Crippen LogP contribution in [0.2, 0.25) is 0 Å². The molecule has 0 aliphatic carbocycles. The van der Waals surface area contributed by atoms with Crippen molar-refractivity contribution >= 4 is 27.4 Å². The highest BCUT2D eigenvalue weighted by Crippen LogP contribution is 2.41. The lowest BCUT2D eigenvalue weighted by atomic mass is 9.81. The summed E-state index contributed by atoms with van der Waals surface area (Å²) < 4.78 is 122. The normalized spacial score (nSPS) is 18.4. The summed E-state index contributed by atoms with van der Waals surface area (Å²) in [4.78, 5) is 21.6. The Hall–Kier alpha value is -3.72. The number of likely N-dealkylation sites (N-methyl/N-ethyl adjacent to an activating group) is 1. The van der Waals surface area contributed by atoms with Gasteiger partial charge in [-0.15, -0.1) is 0 Å². The van der Waals surface area contributed by atoms with Gasteiger partial charge in [0, 0.05) is 37.8 Å². The van der Waals surface area contributed by atoms with Gasteiger partial charge in [-0.05, 0) is 87.7 Å². The van der Waals surface area contributed by atoms with E-state index in [0.29, 0.717) is 34.6 Å². The molecule has 7 nitrogen and oxygen atoms in total. The number of sulfonamides is 1. The summed E-state index contributed by atoms with van der Waals surface area (Å²) in [5.41, 5.74) is -3.92. The highest BCUT2D eigenvalue weighted by atomic mass is 32.2. The fraction of sp³-hybridized carbons (Fsp3) is 0.438. The average molecular weight is 689 g/mol. The van der Waals surface area contributed by atoms with Gasteiger partial charge in [0.05, 0.1) is 34.7 Å². The maximum absolute atomic E-state index is 14.1. The number of amides is 1. The summed E-state index contributed by atoms with van der Waals surface area (Å²) in [5, 5.41) is 0. The molecule has 0 N–H and O–H groups in total. The first kappa shape index (κ1) is 36.1. The van der Waals surface area contributed by atoms with Crippen LogP contribution in [0.4, 0.5) is 42.2 Å². The molecule has 0 spiro atoms. The van der Waals surface area contributed by atoms with Crippen LogP contribution in [0.1, 0.15) is 49.9 Å². The van der Waals surface area contributed by atoms with Crippen LogP contribution in [0, 0.1) is 12.7 Å². The Bertz CT molecular complexity index is 1760. The predicted molar refractivity (Wildman–Crippen MR) is 165 cm³/mol. The van der Waals surface area contributed by atoms with E-state index in [2.05, 4.69) is 4.98 Å². The first-order valence-electron chi connectivity index (χ1n) is 14.5. The minimum atomic E-state index is -5.10. The van der Waals surface area contributed by atoms with Gasteiger partial charge in [0.25, 0.3) is 0 Å². The third-order valence-electron chi connectivity index (χ3n) is 8.51. The molecule has 15 heteroatoms. The quantitative estimate of drug-likeness (QED) is 0.260. The standard InChI is InChI=1S/C32H35F7N4O3S/c1-18-10-24(33)8-9-25(18)26-14-28(42-16-20(3)43(17-19(42)2)47(7,45)46)40-15-27(26)41(6)29(44)30(4,5)21-11-22(31(34,35)36)13-23(12-21)32(37,38)39/h8-15,19-20H,16-17H2,1-7H3. The minimum absolute atomic E-state index is 0.00340. The molecule has 1 aliphatic rings. The third kappa shape index (κ3) is 7.40. The molecular weight excluding hydrogens is 653 g/mol. The SMILES string of the molecule is Cc1cc(F)ccc1-c1cc(N2CC(C)N(S(C)(=O)=O)CC2C)ncc1N(C)C(=O)C(C)(C)c1cc(C(F)(F)F)cc(C(F)(F)F)c1. The summed E-state index contributed by atoms with van der Waals surface area (Å²) in [6.45, 7) is 8.15. The molecule has 2 atom stereocenters. The molecule has 1 saturated heterocycles. The molecule has 0 radical (unpaired) electrons. The molecule has 0 bridgehead atoms. The van der Waals surface area contributed by atoms with Crippen molar-refractivity contribution < 1.29 is 43.9 Å². The van der Waals surface area contributed by atoms with Gasteiger partial charge in [-0.1, -0.05) is 6.07 Å². The number of rotatable bonds is 6. The zero-order valence-electron chi connectivity index (χ0n) is 26.8. The number of aromatic nitrogens is 1. The van der Waals surface area contributed by atoms with E-state index in [-0.39, 0.29) is 30.9 Å².